The fraction of sp³-hybridized carbons (Fsp3) is 0.800. The molecule has 0 aromatic carbocycles. The second-order valence-electron chi connectivity index (χ2n) is 6.61. The zero-order valence-electron chi connectivity index (χ0n) is 16.0. The van der Waals surface area contributed by atoms with Crippen molar-refractivity contribution >= 4 is 11.8 Å². The number of carbonyl (C=O) groups excluding carboxylic acids is 2. The minimum absolute atomic E-state index is 0.0428. The number of unbranched alkanes of at least 4 members (excludes halogenated alkanes) is 11. The maximum absolute atomic E-state index is 11.1. The lowest BCUT2D eigenvalue weighted by molar-refractivity contribution is -0.120. The van der Waals surface area contributed by atoms with E-state index >= 15 is 0 Å². The van der Waals surface area contributed by atoms with Crippen LogP contribution in [0.4, 0.5) is 0 Å². The molecule has 6 heteroatoms. The maximum atomic E-state index is 11.1. The van der Waals surface area contributed by atoms with Gasteiger partial charge in [0.2, 0.25) is 11.8 Å². The number of nitrogens with zero attached hydrogens (tertiary/aromatic N) is 2. The Bertz CT molecular complexity index is 410. The molecule has 0 bridgehead atoms. The number of hydrogen-bond donors (Lipinski definition) is 2. The van der Waals surface area contributed by atoms with Crippen molar-refractivity contribution in [2.75, 3.05) is 13.1 Å². The molecule has 0 fully saturated rings. The van der Waals surface area contributed by atoms with Gasteiger partial charge in [-0.25, -0.2) is 0 Å². The molecular formula is C20H34N4O2. The second-order valence-corrected chi connectivity index (χ2v) is 6.61. The van der Waals surface area contributed by atoms with Gasteiger partial charge in [-0.2, -0.15) is 10.5 Å². The van der Waals surface area contributed by atoms with E-state index in [0.29, 0.717) is 13.1 Å². The molecule has 0 radical (unpaired) electrons. The van der Waals surface area contributed by atoms with E-state index < -0.39 is 0 Å². The molecule has 0 unspecified atom stereocenters. The SMILES string of the molecule is N#CCC(=O)NCCCCCCCCCCCCCCNC(=O)CC#N. The molecule has 2 amide bonds. The van der Waals surface area contributed by atoms with Crippen molar-refractivity contribution in [2.45, 2.75) is 89.9 Å². The number of nitrogens with one attached hydrogen (secondary N) is 2. The van der Waals surface area contributed by atoms with Gasteiger partial charge in [0.1, 0.15) is 12.8 Å². The maximum Gasteiger partial charge on any atom is 0.234 e. The van der Waals surface area contributed by atoms with Crippen LogP contribution in [0.1, 0.15) is 89.9 Å². The van der Waals surface area contributed by atoms with Crippen LogP contribution in [0, 0.1) is 22.7 Å². The molecule has 0 rings (SSSR count). The fourth-order valence-corrected chi connectivity index (χ4v) is 2.74. The molecule has 6 nitrogen and oxygen atoms in total. The molecule has 26 heavy (non-hydrogen) atoms. The average Bonchev–Trinajstić information content (AvgIpc) is 2.61. The zero-order valence-corrected chi connectivity index (χ0v) is 16.0. The van der Waals surface area contributed by atoms with Gasteiger partial charge in [-0.05, 0) is 12.8 Å². The van der Waals surface area contributed by atoms with Crippen molar-refractivity contribution in [1.82, 2.24) is 10.6 Å². The van der Waals surface area contributed by atoms with Crippen LogP contribution in [0.15, 0.2) is 0 Å². The standard InChI is InChI=1S/C20H34N4O2/c21-15-13-19(25)23-17-11-9-7-5-3-1-2-4-6-8-10-12-18-24-20(26)14-16-22/h1-14,17-18H2,(H,23,25)(H,24,26). The Morgan fingerprint density at radius 1 is 0.538 bits per heavy atom. The summed E-state index contributed by atoms with van der Waals surface area (Å²) in [5, 5.41) is 22.2. The van der Waals surface area contributed by atoms with Gasteiger partial charge in [-0.3, -0.25) is 9.59 Å². The average molecular weight is 363 g/mol. The Morgan fingerprint density at radius 3 is 1.08 bits per heavy atom. The van der Waals surface area contributed by atoms with Crippen LogP contribution in [0.25, 0.3) is 0 Å². The molecule has 0 spiro atoms. The first-order valence-corrected chi connectivity index (χ1v) is 9.98. The van der Waals surface area contributed by atoms with Crippen LogP contribution < -0.4 is 10.6 Å². The molecule has 0 atom stereocenters. The highest BCUT2D eigenvalue weighted by Gasteiger charge is 1.99. The van der Waals surface area contributed by atoms with Crippen LogP contribution in [0.3, 0.4) is 0 Å². The second kappa shape index (κ2) is 19.2. The number of carbonyl (C=O) groups is 2. The molecular weight excluding hydrogens is 328 g/mol. The number of rotatable bonds is 17. The molecule has 0 aromatic rings. The summed E-state index contributed by atoms with van der Waals surface area (Å²) in [5.74, 6) is -0.340. The summed E-state index contributed by atoms with van der Waals surface area (Å²) in [6.45, 7) is 1.37. The summed E-state index contributed by atoms with van der Waals surface area (Å²) in [6.07, 6.45) is 14.3. The Morgan fingerprint density at radius 2 is 0.808 bits per heavy atom. The molecule has 2 N–H and O–H groups in total. The van der Waals surface area contributed by atoms with Crippen molar-refractivity contribution in [3.05, 3.63) is 0 Å². The summed E-state index contributed by atoms with van der Waals surface area (Å²) in [6, 6.07) is 3.68. The molecule has 0 aliphatic heterocycles. The van der Waals surface area contributed by atoms with E-state index in [1.165, 1.54) is 51.4 Å². The largest absolute Gasteiger partial charge is 0.355 e. The van der Waals surface area contributed by atoms with E-state index in [2.05, 4.69) is 10.6 Å². The third-order valence-electron chi connectivity index (χ3n) is 4.23. The summed E-state index contributed by atoms with van der Waals surface area (Å²) in [5.41, 5.74) is 0. The molecule has 146 valence electrons. The molecule has 0 aromatic heterocycles. The van der Waals surface area contributed by atoms with Crippen molar-refractivity contribution < 1.29 is 9.59 Å². The van der Waals surface area contributed by atoms with Crippen molar-refractivity contribution in [3.8, 4) is 12.1 Å². The zero-order chi connectivity index (χ0) is 19.3. The van der Waals surface area contributed by atoms with E-state index in [0.717, 1.165) is 25.7 Å². The quantitative estimate of drug-likeness (QED) is 0.384. The topological polar surface area (TPSA) is 106 Å². The normalized spacial score (nSPS) is 9.92. The van der Waals surface area contributed by atoms with Gasteiger partial charge < -0.3 is 10.6 Å². The first kappa shape index (κ1) is 23.9. The first-order chi connectivity index (χ1) is 12.7. The smallest absolute Gasteiger partial charge is 0.234 e. The highest BCUT2D eigenvalue weighted by atomic mass is 16.2. The molecule has 0 aliphatic carbocycles. The van der Waals surface area contributed by atoms with Crippen molar-refractivity contribution in [1.29, 1.82) is 10.5 Å². The van der Waals surface area contributed by atoms with Crippen LogP contribution >= 0.6 is 0 Å². The van der Waals surface area contributed by atoms with Crippen molar-refractivity contribution in [2.24, 2.45) is 0 Å². The Balaban J connectivity index is 3.12. The third kappa shape index (κ3) is 18.3. The van der Waals surface area contributed by atoms with E-state index in [-0.39, 0.29) is 24.7 Å². The summed E-state index contributed by atoms with van der Waals surface area (Å²) in [7, 11) is 0. The number of amides is 2. The minimum atomic E-state index is -0.170. The molecule has 0 saturated carbocycles. The van der Waals surface area contributed by atoms with Gasteiger partial charge in [0.05, 0.1) is 12.1 Å². The van der Waals surface area contributed by atoms with E-state index in [9.17, 15) is 9.59 Å². The van der Waals surface area contributed by atoms with Gasteiger partial charge in [0, 0.05) is 13.1 Å². The predicted octanol–water partition coefficient (Wildman–Crippen LogP) is 3.73. The van der Waals surface area contributed by atoms with Gasteiger partial charge in [0.25, 0.3) is 0 Å². The van der Waals surface area contributed by atoms with Gasteiger partial charge in [0.15, 0.2) is 0 Å². The molecule has 0 saturated heterocycles. The minimum Gasteiger partial charge on any atom is -0.355 e. The van der Waals surface area contributed by atoms with Crippen LogP contribution in [0.5, 0.6) is 0 Å². The summed E-state index contributed by atoms with van der Waals surface area (Å²) in [4.78, 5) is 22.1. The highest BCUT2D eigenvalue weighted by Crippen LogP contribution is 2.11. The van der Waals surface area contributed by atoms with E-state index in [1.807, 2.05) is 12.1 Å². The van der Waals surface area contributed by atoms with Crippen LogP contribution in [0.2, 0.25) is 0 Å². The van der Waals surface area contributed by atoms with Gasteiger partial charge in [-0.15, -0.1) is 0 Å². The Labute approximate surface area is 158 Å². The summed E-state index contributed by atoms with van der Waals surface area (Å²) < 4.78 is 0. The monoisotopic (exact) mass is 362 g/mol. The fourth-order valence-electron chi connectivity index (χ4n) is 2.74. The molecule has 0 heterocycles. The van der Waals surface area contributed by atoms with Gasteiger partial charge >= 0.3 is 0 Å². The molecule has 0 aliphatic rings. The Kier molecular flexibility index (Phi) is 17.7. The summed E-state index contributed by atoms with van der Waals surface area (Å²) >= 11 is 0. The van der Waals surface area contributed by atoms with Crippen molar-refractivity contribution in [3.63, 3.8) is 0 Å². The van der Waals surface area contributed by atoms with Crippen LogP contribution in [-0.2, 0) is 9.59 Å². The lowest BCUT2D eigenvalue weighted by Crippen LogP contribution is -2.23. The van der Waals surface area contributed by atoms with E-state index in [4.69, 9.17) is 10.5 Å². The van der Waals surface area contributed by atoms with Gasteiger partial charge in [-0.1, -0.05) is 64.2 Å². The van der Waals surface area contributed by atoms with Crippen LogP contribution in [-0.4, -0.2) is 24.9 Å². The Hall–Kier alpha value is -2.08. The van der Waals surface area contributed by atoms with E-state index in [1.54, 1.807) is 0 Å². The number of nitriles is 2. The first-order valence-electron chi connectivity index (χ1n) is 9.98. The lowest BCUT2D eigenvalue weighted by atomic mass is 10.1. The highest BCUT2D eigenvalue weighted by molar-refractivity contribution is 5.78. The lowest BCUT2D eigenvalue weighted by Gasteiger charge is -2.04. The third-order valence-corrected chi connectivity index (χ3v) is 4.23. The number of hydrogen-bond acceptors (Lipinski definition) is 4. The predicted molar refractivity (Wildman–Crippen MR) is 102 cm³/mol.